The predicted octanol–water partition coefficient (Wildman–Crippen LogP) is 2.54. The standard InChI is InChI=1S/C13H18BrFO3/c1-17-6-7-18-5-4-11(16)8-10-2-3-13(15)12(14)9-10/h2-3,9,11,16H,4-8H2,1H3. The fraction of sp³-hybridized carbons (Fsp3) is 0.538. The van der Waals surface area contributed by atoms with E-state index in [2.05, 4.69) is 15.9 Å². The second-order valence-electron chi connectivity index (χ2n) is 4.00. The van der Waals surface area contributed by atoms with Crippen LogP contribution in [0.4, 0.5) is 4.39 Å². The van der Waals surface area contributed by atoms with Crippen LogP contribution in [0.25, 0.3) is 0 Å². The zero-order valence-corrected chi connectivity index (χ0v) is 12.0. The third-order valence-corrected chi connectivity index (χ3v) is 3.09. The Kier molecular flexibility index (Phi) is 7.42. The molecule has 18 heavy (non-hydrogen) atoms. The zero-order valence-electron chi connectivity index (χ0n) is 10.4. The van der Waals surface area contributed by atoms with E-state index in [1.807, 2.05) is 0 Å². The van der Waals surface area contributed by atoms with Crippen LogP contribution in [-0.4, -0.2) is 38.1 Å². The number of benzene rings is 1. The van der Waals surface area contributed by atoms with E-state index in [0.717, 1.165) is 5.56 Å². The van der Waals surface area contributed by atoms with E-state index in [-0.39, 0.29) is 5.82 Å². The van der Waals surface area contributed by atoms with Crippen molar-refractivity contribution in [3.8, 4) is 0 Å². The van der Waals surface area contributed by atoms with Crippen molar-refractivity contribution in [2.24, 2.45) is 0 Å². The van der Waals surface area contributed by atoms with E-state index < -0.39 is 6.10 Å². The number of halogens is 2. The molecule has 0 aliphatic heterocycles. The highest BCUT2D eigenvalue weighted by Gasteiger charge is 2.07. The van der Waals surface area contributed by atoms with E-state index in [1.54, 1.807) is 19.2 Å². The molecule has 0 saturated carbocycles. The molecule has 1 aromatic carbocycles. The molecular weight excluding hydrogens is 303 g/mol. The zero-order chi connectivity index (χ0) is 13.4. The van der Waals surface area contributed by atoms with E-state index in [1.165, 1.54) is 6.07 Å². The summed E-state index contributed by atoms with van der Waals surface area (Å²) in [6.07, 6.45) is 0.565. The Bertz CT molecular complexity index is 360. The quantitative estimate of drug-likeness (QED) is 0.748. The highest BCUT2D eigenvalue weighted by Crippen LogP contribution is 2.18. The molecule has 0 radical (unpaired) electrons. The molecule has 0 fully saturated rings. The first kappa shape index (κ1) is 15.6. The number of methoxy groups -OCH3 is 1. The molecule has 0 aliphatic rings. The van der Waals surface area contributed by atoms with Crippen molar-refractivity contribution in [1.82, 2.24) is 0 Å². The molecule has 5 heteroatoms. The molecule has 1 atom stereocenters. The van der Waals surface area contributed by atoms with Crippen LogP contribution in [0.2, 0.25) is 0 Å². The van der Waals surface area contributed by atoms with Gasteiger partial charge in [0.1, 0.15) is 5.82 Å². The molecule has 0 bridgehead atoms. The van der Waals surface area contributed by atoms with Gasteiger partial charge in [-0.25, -0.2) is 4.39 Å². The molecule has 102 valence electrons. The molecule has 3 nitrogen and oxygen atoms in total. The maximum Gasteiger partial charge on any atom is 0.137 e. The summed E-state index contributed by atoms with van der Waals surface area (Å²) < 4.78 is 23.5. The number of aliphatic hydroxyl groups excluding tert-OH is 1. The minimum absolute atomic E-state index is 0.295. The van der Waals surface area contributed by atoms with Crippen LogP contribution in [-0.2, 0) is 15.9 Å². The van der Waals surface area contributed by atoms with Gasteiger partial charge < -0.3 is 14.6 Å². The predicted molar refractivity (Wildman–Crippen MR) is 71.1 cm³/mol. The summed E-state index contributed by atoms with van der Waals surface area (Å²) in [6, 6.07) is 4.75. The number of hydrogen-bond acceptors (Lipinski definition) is 3. The summed E-state index contributed by atoms with van der Waals surface area (Å²) >= 11 is 3.12. The third-order valence-electron chi connectivity index (χ3n) is 2.48. The number of hydrogen-bond donors (Lipinski definition) is 1. The van der Waals surface area contributed by atoms with Crippen molar-refractivity contribution >= 4 is 15.9 Å². The Hall–Kier alpha value is -0.490. The normalized spacial score (nSPS) is 12.7. The van der Waals surface area contributed by atoms with Crippen molar-refractivity contribution in [1.29, 1.82) is 0 Å². The molecule has 0 aromatic heterocycles. The number of ether oxygens (including phenoxy) is 2. The van der Waals surface area contributed by atoms with Crippen LogP contribution in [0.5, 0.6) is 0 Å². The number of rotatable bonds is 8. The van der Waals surface area contributed by atoms with E-state index in [0.29, 0.717) is 37.1 Å². The van der Waals surface area contributed by atoms with Gasteiger partial charge in [0.05, 0.1) is 23.8 Å². The van der Waals surface area contributed by atoms with Crippen LogP contribution in [0, 0.1) is 5.82 Å². The molecule has 1 rings (SSSR count). The van der Waals surface area contributed by atoms with Gasteiger partial charge in [-0.3, -0.25) is 0 Å². The summed E-state index contributed by atoms with van der Waals surface area (Å²) in [7, 11) is 1.62. The monoisotopic (exact) mass is 320 g/mol. The summed E-state index contributed by atoms with van der Waals surface area (Å²) in [4.78, 5) is 0. The second kappa shape index (κ2) is 8.58. The first-order valence-corrected chi connectivity index (χ1v) is 6.61. The molecule has 0 heterocycles. The minimum atomic E-state index is -0.482. The van der Waals surface area contributed by atoms with Crippen LogP contribution in [0.3, 0.4) is 0 Å². The first-order chi connectivity index (χ1) is 8.63. The Labute approximate surface area is 115 Å². The molecule has 0 amide bonds. The second-order valence-corrected chi connectivity index (χ2v) is 4.85. The lowest BCUT2D eigenvalue weighted by Gasteiger charge is -2.11. The Morgan fingerprint density at radius 3 is 2.78 bits per heavy atom. The van der Waals surface area contributed by atoms with Crippen LogP contribution in [0.15, 0.2) is 22.7 Å². The highest BCUT2D eigenvalue weighted by atomic mass is 79.9. The maximum atomic E-state index is 13.0. The lowest BCUT2D eigenvalue weighted by Crippen LogP contribution is -2.14. The Morgan fingerprint density at radius 2 is 2.11 bits per heavy atom. The fourth-order valence-electron chi connectivity index (χ4n) is 1.50. The smallest absolute Gasteiger partial charge is 0.137 e. The van der Waals surface area contributed by atoms with Crippen molar-refractivity contribution in [3.63, 3.8) is 0 Å². The van der Waals surface area contributed by atoms with Gasteiger partial charge >= 0.3 is 0 Å². The van der Waals surface area contributed by atoms with Crippen LogP contribution in [0.1, 0.15) is 12.0 Å². The highest BCUT2D eigenvalue weighted by molar-refractivity contribution is 9.10. The molecule has 0 saturated heterocycles. The lowest BCUT2D eigenvalue weighted by atomic mass is 10.1. The van der Waals surface area contributed by atoms with Crippen LogP contribution >= 0.6 is 15.9 Å². The minimum Gasteiger partial charge on any atom is -0.393 e. The number of aliphatic hydroxyl groups is 1. The maximum absolute atomic E-state index is 13.0. The van der Waals surface area contributed by atoms with Crippen LogP contribution < -0.4 is 0 Å². The van der Waals surface area contributed by atoms with E-state index in [9.17, 15) is 9.50 Å². The van der Waals surface area contributed by atoms with Gasteiger partial charge in [0.2, 0.25) is 0 Å². The summed E-state index contributed by atoms with van der Waals surface area (Å²) in [5.74, 6) is -0.295. The van der Waals surface area contributed by atoms with Gasteiger partial charge in [-0.15, -0.1) is 0 Å². The topological polar surface area (TPSA) is 38.7 Å². The van der Waals surface area contributed by atoms with Crippen molar-refractivity contribution in [2.75, 3.05) is 26.9 Å². The molecule has 0 spiro atoms. The molecule has 1 aromatic rings. The molecule has 1 N–H and O–H groups in total. The largest absolute Gasteiger partial charge is 0.393 e. The van der Waals surface area contributed by atoms with Crippen molar-refractivity contribution < 1.29 is 19.0 Å². The van der Waals surface area contributed by atoms with Gasteiger partial charge in [-0.05, 0) is 46.5 Å². The average molecular weight is 321 g/mol. The SMILES string of the molecule is COCCOCCC(O)Cc1ccc(F)c(Br)c1. The third kappa shape index (κ3) is 5.91. The average Bonchev–Trinajstić information content (AvgIpc) is 2.34. The first-order valence-electron chi connectivity index (χ1n) is 5.82. The molecule has 1 unspecified atom stereocenters. The summed E-state index contributed by atoms with van der Waals surface area (Å²) in [5.41, 5.74) is 0.896. The fourth-order valence-corrected chi connectivity index (χ4v) is 1.93. The Morgan fingerprint density at radius 1 is 1.33 bits per heavy atom. The van der Waals surface area contributed by atoms with Gasteiger partial charge in [0.15, 0.2) is 0 Å². The van der Waals surface area contributed by atoms with E-state index >= 15 is 0 Å². The van der Waals surface area contributed by atoms with Gasteiger partial charge in [0, 0.05) is 13.7 Å². The van der Waals surface area contributed by atoms with Crippen molar-refractivity contribution in [3.05, 3.63) is 34.1 Å². The lowest BCUT2D eigenvalue weighted by molar-refractivity contribution is 0.0479. The molecule has 0 aliphatic carbocycles. The molecular formula is C13H18BrFO3. The Balaban J connectivity index is 2.26. The van der Waals surface area contributed by atoms with E-state index in [4.69, 9.17) is 9.47 Å². The van der Waals surface area contributed by atoms with Crippen molar-refractivity contribution in [2.45, 2.75) is 18.9 Å². The van der Waals surface area contributed by atoms with Gasteiger partial charge in [0.25, 0.3) is 0 Å². The van der Waals surface area contributed by atoms with Gasteiger partial charge in [-0.2, -0.15) is 0 Å². The summed E-state index contributed by atoms with van der Waals surface area (Å²) in [5, 5.41) is 9.80. The van der Waals surface area contributed by atoms with Gasteiger partial charge in [-0.1, -0.05) is 6.07 Å². The summed E-state index contributed by atoms with van der Waals surface area (Å²) in [6.45, 7) is 1.58.